The molecule has 1 fully saturated rings. The Hall–Kier alpha value is -7.92. The highest BCUT2D eigenvalue weighted by Gasteiger charge is 2.45. The monoisotopic (exact) mass is 988 g/mol. The number of fused-ring (bicyclic) bond motifs is 2. The summed E-state index contributed by atoms with van der Waals surface area (Å²) in [5.41, 5.74) is 11.9. The lowest BCUT2D eigenvalue weighted by atomic mass is 10.0. The third-order valence-electron chi connectivity index (χ3n) is 11.7. The van der Waals surface area contributed by atoms with Crippen LogP contribution in [0, 0.1) is 0 Å². The molecule has 378 valence electrons. The number of benzene rings is 3. The fourth-order valence-electron chi connectivity index (χ4n) is 8.08. The van der Waals surface area contributed by atoms with Gasteiger partial charge in [-0.05, 0) is 60.0 Å². The van der Waals surface area contributed by atoms with Crippen molar-refractivity contribution in [2.45, 2.75) is 38.6 Å². The lowest BCUT2D eigenvalue weighted by Gasteiger charge is -2.27. The van der Waals surface area contributed by atoms with Gasteiger partial charge in [-0.2, -0.15) is 5.10 Å². The van der Waals surface area contributed by atoms with E-state index in [-0.39, 0.29) is 36.4 Å². The second-order valence-electron chi connectivity index (χ2n) is 16.6. The Labute approximate surface area is 414 Å². The molecule has 2 aliphatic heterocycles. The maximum atomic E-state index is 13.2. The largest absolute Gasteiger partial charge is 0.497 e. The molecule has 8 rings (SSSR count). The number of piperidine rings is 1. The number of ether oxygens (including phenoxy) is 7. The van der Waals surface area contributed by atoms with Crippen LogP contribution in [0.15, 0.2) is 85.3 Å². The van der Waals surface area contributed by atoms with Gasteiger partial charge in [-0.1, -0.05) is 24.3 Å². The third-order valence-corrected chi connectivity index (χ3v) is 11.7. The summed E-state index contributed by atoms with van der Waals surface area (Å²) in [7, 11) is 3.23. The first-order valence-corrected chi connectivity index (χ1v) is 23.3. The summed E-state index contributed by atoms with van der Waals surface area (Å²) in [6.07, 6.45) is 5.30. The molecule has 22 nitrogen and oxygen atoms in total. The molecule has 22 heteroatoms. The zero-order valence-corrected chi connectivity index (χ0v) is 39.9. The summed E-state index contributed by atoms with van der Waals surface area (Å²) in [5, 5.41) is 12.5. The highest BCUT2D eigenvalue weighted by atomic mass is 16.6. The van der Waals surface area contributed by atoms with Crippen LogP contribution in [0.3, 0.4) is 0 Å². The van der Waals surface area contributed by atoms with E-state index >= 15 is 0 Å². The van der Waals surface area contributed by atoms with Crippen LogP contribution < -0.4 is 35.9 Å². The molecule has 1 saturated heterocycles. The van der Waals surface area contributed by atoms with E-state index in [1.807, 2.05) is 53.1 Å². The zero-order chi connectivity index (χ0) is 50.4. The number of imidazole rings is 1. The number of amides is 5. The molecule has 5 heterocycles. The van der Waals surface area contributed by atoms with Gasteiger partial charge in [-0.15, -0.1) is 0 Å². The van der Waals surface area contributed by atoms with Gasteiger partial charge in [0, 0.05) is 48.7 Å². The predicted molar refractivity (Wildman–Crippen MR) is 260 cm³/mol. The first-order chi connectivity index (χ1) is 35.1. The summed E-state index contributed by atoms with van der Waals surface area (Å²) in [5.74, 6) is -0.149. The zero-order valence-electron chi connectivity index (χ0n) is 39.9. The molecular weight excluding hydrogens is 933 g/mol. The molecule has 2 aliphatic rings. The number of nitrogens with two attached hydrogens (primary N) is 1. The molecule has 0 spiro atoms. The third kappa shape index (κ3) is 12.5. The summed E-state index contributed by atoms with van der Waals surface area (Å²) >= 11 is 0. The lowest BCUT2D eigenvalue weighted by molar-refractivity contribution is -0.136. The molecule has 1 atom stereocenters. The van der Waals surface area contributed by atoms with Gasteiger partial charge in [-0.25, -0.2) is 9.97 Å². The van der Waals surface area contributed by atoms with Crippen molar-refractivity contribution < 1.29 is 57.1 Å². The Morgan fingerprint density at radius 3 is 2.24 bits per heavy atom. The minimum atomic E-state index is -1.03. The predicted octanol–water partition coefficient (Wildman–Crippen LogP) is 3.22. The van der Waals surface area contributed by atoms with Crippen molar-refractivity contribution in [2.75, 3.05) is 91.2 Å². The number of nitrogens with one attached hydrogen (secondary N) is 3. The first kappa shape index (κ1) is 50.5. The van der Waals surface area contributed by atoms with Crippen LogP contribution in [0.25, 0.3) is 22.3 Å². The molecule has 3 aromatic heterocycles. The molecular formula is C50H56N10O12. The van der Waals surface area contributed by atoms with Crippen LogP contribution in [-0.2, 0) is 53.0 Å². The van der Waals surface area contributed by atoms with Gasteiger partial charge in [0.05, 0.1) is 90.9 Å². The minimum Gasteiger partial charge on any atom is -0.497 e. The molecule has 6 aromatic rings. The number of carbonyl (C=O) groups excluding carboxylic acids is 5. The van der Waals surface area contributed by atoms with Crippen LogP contribution in [0.2, 0.25) is 0 Å². The summed E-state index contributed by atoms with van der Waals surface area (Å²) < 4.78 is 42.6. The maximum absolute atomic E-state index is 13.2. The van der Waals surface area contributed by atoms with E-state index in [1.54, 1.807) is 55.7 Å². The molecule has 5 amide bonds. The molecule has 0 radical (unpaired) electrons. The Morgan fingerprint density at radius 2 is 1.51 bits per heavy atom. The van der Waals surface area contributed by atoms with Crippen molar-refractivity contribution in [3.63, 3.8) is 0 Å². The summed E-state index contributed by atoms with van der Waals surface area (Å²) in [6.45, 7) is 4.22. The second kappa shape index (κ2) is 24.3. The number of nitrogens with zero attached hydrogens (tertiary/aromatic N) is 6. The van der Waals surface area contributed by atoms with E-state index in [1.165, 1.54) is 0 Å². The number of rotatable bonds is 27. The number of carbonyl (C=O) groups is 5. The van der Waals surface area contributed by atoms with E-state index in [9.17, 15) is 24.0 Å². The van der Waals surface area contributed by atoms with Crippen LogP contribution in [0.5, 0.6) is 17.2 Å². The molecule has 0 aliphatic carbocycles. The van der Waals surface area contributed by atoms with Crippen molar-refractivity contribution in [2.24, 2.45) is 0 Å². The van der Waals surface area contributed by atoms with Gasteiger partial charge in [0.1, 0.15) is 30.5 Å². The Balaban J connectivity index is 0.660. The fourth-order valence-corrected chi connectivity index (χ4v) is 8.08. The number of nitrogen functional groups attached to an aromatic ring is 1. The smallest absolute Gasteiger partial charge is 0.264 e. The van der Waals surface area contributed by atoms with Crippen LogP contribution in [0.1, 0.15) is 44.7 Å². The average molecular weight is 989 g/mol. The summed E-state index contributed by atoms with van der Waals surface area (Å²) in [6, 6.07) is 19.1. The number of hydrogen-bond acceptors (Lipinski definition) is 17. The lowest BCUT2D eigenvalue weighted by Crippen LogP contribution is -2.54. The van der Waals surface area contributed by atoms with Crippen LogP contribution in [-0.4, -0.2) is 145 Å². The van der Waals surface area contributed by atoms with E-state index in [0.717, 1.165) is 32.9 Å². The Bertz CT molecular complexity index is 2890. The maximum Gasteiger partial charge on any atom is 0.264 e. The number of imide groups is 2. The van der Waals surface area contributed by atoms with Crippen molar-refractivity contribution >= 4 is 52.3 Å². The number of methoxy groups -OCH3 is 2. The highest BCUT2D eigenvalue weighted by Crippen LogP contribution is 2.33. The van der Waals surface area contributed by atoms with Gasteiger partial charge in [0.2, 0.25) is 23.7 Å². The van der Waals surface area contributed by atoms with Gasteiger partial charge in [0.25, 0.3) is 11.8 Å². The van der Waals surface area contributed by atoms with Crippen molar-refractivity contribution in [1.82, 2.24) is 39.8 Å². The van der Waals surface area contributed by atoms with Gasteiger partial charge in [-0.3, -0.25) is 43.4 Å². The van der Waals surface area contributed by atoms with Gasteiger partial charge >= 0.3 is 0 Å². The molecule has 1 unspecified atom stereocenters. The topological polar surface area (TPSA) is 264 Å². The standard InChI is InChI=1S/C50H56N10O12/c1-66-36-9-6-32(7-10-36)31-72-41-12-8-33(24-42(41)67-2)28-59-46-39(56-50(59)51)25-34(26-54-46)35-27-55-58(29-35)30-44(62)53-15-17-69-19-21-71-23-22-70-20-18-68-16-14-52-38-5-3-4-37-45(38)49(65)60(48(37)64)40-11-13-43(61)57-47(40)63/h3-10,12,24-27,29,40,52H,11,13-23,28,30-31H2,1-2H3,(H2,51,56)(H,53,62)(H,57,61,63). The summed E-state index contributed by atoms with van der Waals surface area (Å²) in [4.78, 5) is 73.0. The van der Waals surface area contributed by atoms with Crippen LogP contribution in [0.4, 0.5) is 11.6 Å². The number of hydrogen-bond donors (Lipinski definition) is 4. The van der Waals surface area contributed by atoms with E-state index in [2.05, 4.69) is 26.0 Å². The van der Waals surface area contributed by atoms with Gasteiger partial charge < -0.3 is 49.5 Å². The minimum absolute atomic E-state index is 0.0202. The van der Waals surface area contributed by atoms with Crippen molar-refractivity contribution in [3.05, 3.63) is 108 Å². The van der Waals surface area contributed by atoms with E-state index in [0.29, 0.717) is 113 Å². The van der Waals surface area contributed by atoms with E-state index < -0.39 is 29.7 Å². The number of aromatic nitrogens is 5. The van der Waals surface area contributed by atoms with Crippen molar-refractivity contribution in [3.8, 4) is 28.4 Å². The molecule has 3 aromatic carbocycles. The average Bonchev–Trinajstić information content (AvgIpc) is 4.05. The van der Waals surface area contributed by atoms with Gasteiger partial charge in [0.15, 0.2) is 17.1 Å². The van der Waals surface area contributed by atoms with Crippen molar-refractivity contribution in [1.29, 1.82) is 0 Å². The highest BCUT2D eigenvalue weighted by molar-refractivity contribution is 6.25. The molecule has 72 heavy (non-hydrogen) atoms. The number of pyridine rings is 1. The first-order valence-electron chi connectivity index (χ1n) is 23.3. The second-order valence-corrected chi connectivity index (χ2v) is 16.6. The normalized spacial score (nSPS) is 14.4. The molecule has 0 bridgehead atoms. The Kier molecular flexibility index (Phi) is 17.0. The Morgan fingerprint density at radius 1 is 0.792 bits per heavy atom. The van der Waals surface area contributed by atoms with E-state index in [4.69, 9.17) is 43.9 Å². The SMILES string of the molecule is COc1ccc(COc2ccc(Cn3c(N)nc4cc(-c5cnn(CC(=O)NCCOCCOCCOCCOCCNc6cccc7c6C(=O)N(C6CCC(=O)NC6=O)C7=O)c5)cnc43)cc2OC)cc1. The fraction of sp³-hybridized carbons (Fsp3) is 0.360. The quantitative estimate of drug-likeness (QED) is 0.0426. The van der Waals surface area contributed by atoms with Crippen LogP contribution >= 0.6 is 0 Å². The number of anilines is 2. The molecule has 5 N–H and O–H groups in total. The molecule has 0 saturated carbocycles.